The van der Waals surface area contributed by atoms with Gasteiger partial charge in [-0.1, -0.05) is 25.7 Å². The SMILES string of the molecule is O=c1[nH]nc(C2CCC3CCCCC3C2)o1. The Kier molecular flexibility index (Phi) is 2.58. The molecule has 1 aromatic rings. The average Bonchev–Trinajstić information content (AvgIpc) is 2.75. The summed E-state index contributed by atoms with van der Waals surface area (Å²) < 4.78 is 5.08. The lowest BCUT2D eigenvalue weighted by atomic mass is 9.67. The van der Waals surface area contributed by atoms with E-state index in [1.165, 1.54) is 38.5 Å². The topological polar surface area (TPSA) is 58.9 Å². The lowest BCUT2D eigenvalue weighted by molar-refractivity contribution is 0.145. The zero-order valence-electron chi connectivity index (χ0n) is 9.45. The minimum absolute atomic E-state index is 0.373. The maximum atomic E-state index is 10.9. The fourth-order valence-corrected chi connectivity index (χ4v) is 3.51. The first-order chi connectivity index (χ1) is 7.83. The van der Waals surface area contributed by atoms with Gasteiger partial charge in [0.2, 0.25) is 5.89 Å². The summed E-state index contributed by atoms with van der Waals surface area (Å²) in [5.74, 6) is 2.36. The van der Waals surface area contributed by atoms with Crippen molar-refractivity contribution >= 4 is 0 Å². The Hall–Kier alpha value is -1.06. The molecule has 0 aromatic carbocycles. The smallest absolute Gasteiger partial charge is 0.392 e. The summed E-state index contributed by atoms with van der Waals surface area (Å²) in [4.78, 5) is 10.9. The quantitative estimate of drug-likeness (QED) is 0.794. The van der Waals surface area contributed by atoms with Crippen molar-refractivity contribution in [1.82, 2.24) is 10.2 Å². The Balaban J connectivity index is 1.73. The molecular formula is C12H18N2O2. The van der Waals surface area contributed by atoms with Gasteiger partial charge in [-0.15, -0.1) is 5.10 Å². The average molecular weight is 222 g/mol. The summed E-state index contributed by atoms with van der Waals surface area (Å²) in [6, 6.07) is 0. The van der Waals surface area contributed by atoms with Crippen LogP contribution in [0.2, 0.25) is 0 Å². The Labute approximate surface area is 94.4 Å². The molecule has 1 aromatic heterocycles. The van der Waals surface area contributed by atoms with Crippen molar-refractivity contribution in [3.05, 3.63) is 16.4 Å². The highest BCUT2D eigenvalue weighted by Crippen LogP contribution is 2.45. The summed E-state index contributed by atoms with van der Waals surface area (Å²) in [6.45, 7) is 0. The molecule has 2 fully saturated rings. The summed E-state index contributed by atoms with van der Waals surface area (Å²) in [5, 5.41) is 6.34. The van der Waals surface area contributed by atoms with E-state index in [0.717, 1.165) is 18.3 Å². The Morgan fingerprint density at radius 2 is 1.94 bits per heavy atom. The van der Waals surface area contributed by atoms with Crippen molar-refractivity contribution in [1.29, 1.82) is 0 Å². The molecule has 4 heteroatoms. The van der Waals surface area contributed by atoms with Gasteiger partial charge in [0.15, 0.2) is 0 Å². The lowest BCUT2D eigenvalue weighted by Crippen LogP contribution is -2.27. The minimum atomic E-state index is -0.416. The van der Waals surface area contributed by atoms with E-state index in [9.17, 15) is 4.79 Å². The van der Waals surface area contributed by atoms with Crippen LogP contribution in [0.25, 0.3) is 0 Å². The highest BCUT2D eigenvalue weighted by atomic mass is 16.4. The number of aromatic amines is 1. The highest BCUT2D eigenvalue weighted by Gasteiger charge is 2.34. The summed E-state index contributed by atoms with van der Waals surface area (Å²) >= 11 is 0. The first-order valence-electron chi connectivity index (χ1n) is 6.38. The predicted octanol–water partition coefficient (Wildman–Crippen LogP) is 2.44. The molecule has 2 aliphatic rings. The number of rotatable bonds is 1. The first-order valence-corrected chi connectivity index (χ1v) is 6.38. The molecule has 0 spiro atoms. The van der Waals surface area contributed by atoms with Gasteiger partial charge < -0.3 is 4.42 Å². The van der Waals surface area contributed by atoms with E-state index >= 15 is 0 Å². The lowest BCUT2D eigenvalue weighted by Gasteiger charge is -2.38. The van der Waals surface area contributed by atoms with E-state index in [-0.39, 0.29) is 0 Å². The van der Waals surface area contributed by atoms with Crippen LogP contribution in [0.3, 0.4) is 0 Å². The number of H-pyrrole nitrogens is 1. The molecule has 16 heavy (non-hydrogen) atoms. The van der Waals surface area contributed by atoms with Crippen LogP contribution in [0, 0.1) is 11.8 Å². The normalized spacial score (nSPS) is 34.6. The van der Waals surface area contributed by atoms with Crippen LogP contribution < -0.4 is 5.76 Å². The molecule has 0 aliphatic heterocycles. The van der Waals surface area contributed by atoms with Gasteiger partial charge in [-0.2, -0.15) is 0 Å². The minimum Gasteiger partial charge on any atom is -0.392 e. The fourth-order valence-electron chi connectivity index (χ4n) is 3.51. The predicted molar refractivity (Wildman–Crippen MR) is 59.2 cm³/mol. The van der Waals surface area contributed by atoms with Gasteiger partial charge in [0.1, 0.15) is 0 Å². The van der Waals surface area contributed by atoms with Gasteiger partial charge in [0.25, 0.3) is 0 Å². The Bertz CT molecular complexity index is 409. The van der Waals surface area contributed by atoms with Crippen molar-refractivity contribution in [3.63, 3.8) is 0 Å². The molecular weight excluding hydrogens is 204 g/mol. The highest BCUT2D eigenvalue weighted by molar-refractivity contribution is 4.95. The van der Waals surface area contributed by atoms with Gasteiger partial charge >= 0.3 is 5.76 Å². The third kappa shape index (κ3) is 1.81. The van der Waals surface area contributed by atoms with Crippen molar-refractivity contribution in [2.24, 2.45) is 11.8 Å². The van der Waals surface area contributed by atoms with Crippen molar-refractivity contribution in [2.45, 2.75) is 50.9 Å². The number of nitrogens with one attached hydrogen (secondary N) is 1. The first kappa shape index (κ1) is 10.1. The Morgan fingerprint density at radius 3 is 2.69 bits per heavy atom. The number of hydrogen-bond donors (Lipinski definition) is 1. The number of hydrogen-bond acceptors (Lipinski definition) is 3. The van der Waals surface area contributed by atoms with E-state index in [0.29, 0.717) is 11.8 Å². The summed E-state index contributed by atoms with van der Waals surface area (Å²) in [7, 11) is 0. The van der Waals surface area contributed by atoms with Gasteiger partial charge in [-0.05, 0) is 31.1 Å². The molecule has 88 valence electrons. The van der Waals surface area contributed by atoms with Crippen LogP contribution in [-0.4, -0.2) is 10.2 Å². The van der Waals surface area contributed by atoms with Crippen molar-refractivity contribution in [2.75, 3.05) is 0 Å². The molecule has 0 bridgehead atoms. The van der Waals surface area contributed by atoms with E-state index in [4.69, 9.17) is 4.42 Å². The van der Waals surface area contributed by atoms with Gasteiger partial charge in [-0.3, -0.25) is 0 Å². The molecule has 0 saturated heterocycles. The van der Waals surface area contributed by atoms with Crippen molar-refractivity contribution < 1.29 is 4.42 Å². The molecule has 4 nitrogen and oxygen atoms in total. The standard InChI is InChI=1S/C12H18N2O2/c15-12-14-13-11(16-12)10-6-5-8-3-1-2-4-9(8)7-10/h8-10H,1-7H2,(H,14,15). The zero-order chi connectivity index (χ0) is 11.0. The molecule has 1 N–H and O–H groups in total. The van der Waals surface area contributed by atoms with Gasteiger partial charge in [-0.25, -0.2) is 9.89 Å². The number of aromatic nitrogens is 2. The van der Waals surface area contributed by atoms with Crippen LogP contribution in [0.4, 0.5) is 0 Å². The second-order valence-electron chi connectivity index (χ2n) is 5.27. The molecule has 2 saturated carbocycles. The fraction of sp³-hybridized carbons (Fsp3) is 0.833. The second-order valence-corrected chi connectivity index (χ2v) is 5.27. The zero-order valence-corrected chi connectivity index (χ0v) is 9.45. The molecule has 3 rings (SSSR count). The van der Waals surface area contributed by atoms with E-state index in [2.05, 4.69) is 10.2 Å². The van der Waals surface area contributed by atoms with Gasteiger partial charge in [0, 0.05) is 5.92 Å². The number of nitrogens with zero attached hydrogens (tertiary/aromatic N) is 1. The molecule has 3 unspecified atom stereocenters. The third-order valence-electron chi connectivity index (χ3n) is 4.34. The molecule has 2 aliphatic carbocycles. The molecule has 1 heterocycles. The maximum absolute atomic E-state index is 10.9. The molecule has 3 atom stereocenters. The largest absolute Gasteiger partial charge is 0.434 e. The Morgan fingerprint density at radius 1 is 1.12 bits per heavy atom. The van der Waals surface area contributed by atoms with Crippen molar-refractivity contribution in [3.8, 4) is 0 Å². The van der Waals surface area contributed by atoms with Crippen LogP contribution in [0.1, 0.15) is 56.8 Å². The van der Waals surface area contributed by atoms with E-state index in [1.807, 2.05) is 0 Å². The van der Waals surface area contributed by atoms with E-state index < -0.39 is 5.76 Å². The van der Waals surface area contributed by atoms with Crippen LogP contribution in [0.5, 0.6) is 0 Å². The number of fused-ring (bicyclic) bond motifs is 1. The monoisotopic (exact) mass is 222 g/mol. The van der Waals surface area contributed by atoms with Crippen LogP contribution in [-0.2, 0) is 0 Å². The van der Waals surface area contributed by atoms with Gasteiger partial charge in [0.05, 0.1) is 0 Å². The maximum Gasteiger partial charge on any atom is 0.434 e. The summed E-state index contributed by atoms with van der Waals surface area (Å²) in [6.07, 6.45) is 9.12. The van der Waals surface area contributed by atoms with Crippen LogP contribution in [0.15, 0.2) is 9.21 Å². The van der Waals surface area contributed by atoms with E-state index in [1.54, 1.807) is 0 Å². The summed E-state index contributed by atoms with van der Waals surface area (Å²) in [5.41, 5.74) is 0. The van der Waals surface area contributed by atoms with Crippen LogP contribution >= 0.6 is 0 Å². The third-order valence-corrected chi connectivity index (χ3v) is 4.34. The second kappa shape index (κ2) is 4.07. The molecule has 0 amide bonds. The molecule has 0 radical (unpaired) electrons.